The SMILES string of the molecule is COc1cc(OC)c2cc(F)ccc2n1. The van der Waals surface area contributed by atoms with Gasteiger partial charge in [0, 0.05) is 11.5 Å². The highest BCUT2D eigenvalue weighted by atomic mass is 19.1. The quantitative estimate of drug-likeness (QED) is 0.757. The summed E-state index contributed by atoms with van der Waals surface area (Å²) < 4.78 is 23.2. The van der Waals surface area contributed by atoms with Crippen LogP contribution in [0.3, 0.4) is 0 Å². The van der Waals surface area contributed by atoms with Gasteiger partial charge in [0.1, 0.15) is 11.6 Å². The molecule has 0 bridgehead atoms. The van der Waals surface area contributed by atoms with Crippen LogP contribution in [0.25, 0.3) is 10.9 Å². The first kappa shape index (κ1) is 9.71. The van der Waals surface area contributed by atoms with Crippen LogP contribution in [0.1, 0.15) is 0 Å². The van der Waals surface area contributed by atoms with Crippen LogP contribution in [-0.2, 0) is 0 Å². The summed E-state index contributed by atoms with van der Waals surface area (Å²) in [5.41, 5.74) is 0.646. The van der Waals surface area contributed by atoms with Gasteiger partial charge in [-0.1, -0.05) is 0 Å². The summed E-state index contributed by atoms with van der Waals surface area (Å²) in [7, 11) is 3.05. The van der Waals surface area contributed by atoms with Crippen LogP contribution >= 0.6 is 0 Å². The number of nitrogens with zero attached hydrogens (tertiary/aromatic N) is 1. The summed E-state index contributed by atoms with van der Waals surface area (Å²) in [5, 5.41) is 0.637. The minimum Gasteiger partial charge on any atom is -0.496 e. The molecular weight excluding hydrogens is 197 g/mol. The first-order chi connectivity index (χ1) is 7.24. The van der Waals surface area contributed by atoms with E-state index in [9.17, 15) is 4.39 Å². The molecule has 0 saturated heterocycles. The number of halogens is 1. The van der Waals surface area contributed by atoms with Crippen molar-refractivity contribution in [2.75, 3.05) is 14.2 Å². The summed E-state index contributed by atoms with van der Waals surface area (Å²) >= 11 is 0. The zero-order valence-corrected chi connectivity index (χ0v) is 8.45. The molecule has 0 aliphatic carbocycles. The van der Waals surface area contributed by atoms with Crippen LogP contribution in [0.2, 0.25) is 0 Å². The molecule has 1 aromatic heterocycles. The van der Waals surface area contributed by atoms with Crippen molar-refractivity contribution in [3.8, 4) is 11.6 Å². The van der Waals surface area contributed by atoms with Gasteiger partial charge >= 0.3 is 0 Å². The summed E-state index contributed by atoms with van der Waals surface area (Å²) in [5.74, 6) is 0.690. The lowest BCUT2D eigenvalue weighted by Crippen LogP contribution is -1.92. The standard InChI is InChI=1S/C11H10FNO2/c1-14-10-6-11(15-2)13-9-4-3-7(12)5-8(9)10/h3-6H,1-2H3. The average Bonchev–Trinajstić information content (AvgIpc) is 2.27. The normalized spacial score (nSPS) is 10.3. The number of hydrogen-bond acceptors (Lipinski definition) is 3. The number of benzene rings is 1. The van der Waals surface area contributed by atoms with Gasteiger partial charge in [0.25, 0.3) is 0 Å². The third kappa shape index (κ3) is 1.70. The monoisotopic (exact) mass is 207 g/mol. The molecule has 1 heterocycles. The van der Waals surface area contributed by atoms with E-state index in [1.165, 1.54) is 26.4 Å². The molecule has 1 aromatic carbocycles. The fraction of sp³-hybridized carbons (Fsp3) is 0.182. The Balaban J connectivity index is 2.75. The molecule has 0 saturated carbocycles. The Bertz CT molecular complexity index is 499. The first-order valence-corrected chi connectivity index (χ1v) is 4.43. The molecule has 4 heteroatoms. The Kier molecular flexibility index (Phi) is 2.41. The van der Waals surface area contributed by atoms with Gasteiger partial charge in [-0.25, -0.2) is 9.37 Å². The van der Waals surface area contributed by atoms with Gasteiger partial charge in [0.05, 0.1) is 19.7 Å². The third-order valence-corrected chi connectivity index (χ3v) is 2.14. The zero-order chi connectivity index (χ0) is 10.8. The second-order valence-corrected chi connectivity index (χ2v) is 3.03. The zero-order valence-electron chi connectivity index (χ0n) is 8.45. The molecule has 2 aromatic rings. The maximum absolute atomic E-state index is 13.0. The Morgan fingerprint density at radius 1 is 1.13 bits per heavy atom. The van der Waals surface area contributed by atoms with Crippen molar-refractivity contribution in [1.82, 2.24) is 4.98 Å². The third-order valence-electron chi connectivity index (χ3n) is 2.14. The van der Waals surface area contributed by atoms with Crippen LogP contribution in [-0.4, -0.2) is 19.2 Å². The van der Waals surface area contributed by atoms with E-state index in [4.69, 9.17) is 9.47 Å². The van der Waals surface area contributed by atoms with E-state index in [1.807, 2.05) is 0 Å². The van der Waals surface area contributed by atoms with E-state index in [-0.39, 0.29) is 5.82 Å². The second-order valence-electron chi connectivity index (χ2n) is 3.03. The van der Waals surface area contributed by atoms with Gasteiger partial charge in [-0.05, 0) is 18.2 Å². The van der Waals surface area contributed by atoms with Gasteiger partial charge in [0.15, 0.2) is 0 Å². The predicted octanol–water partition coefficient (Wildman–Crippen LogP) is 2.39. The Morgan fingerprint density at radius 3 is 2.60 bits per heavy atom. The van der Waals surface area contributed by atoms with Crippen molar-refractivity contribution in [3.05, 3.63) is 30.1 Å². The molecule has 0 fully saturated rings. The van der Waals surface area contributed by atoms with Crippen LogP contribution < -0.4 is 9.47 Å². The molecule has 0 spiro atoms. The van der Waals surface area contributed by atoms with E-state index in [0.717, 1.165) is 0 Å². The summed E-state index contributed by atoms with van der Waals surface area (Å²) in [6, 6.07) is 5.96. The molecule has 0 atom stereocenters. The van der Waals surface area contributed by atoms with Gasteiger partial charge < -0.3 is 9.47 Å². The lowest BCUT2D eigenvalue weighted by molar-refractivity contribution is 0.386. The molecule has 3 nitrogen and oxygen atoms in total. The van der Waals surface area contributed by atoms with Gasteiger partial charge in [0.2, 0.25) is 5.88 Å². The summed E-state index contributed by atoms with van der Waals surface area (Å²) in [4.78, 5) is 4.17. The average molecular weight is 207 g/mol. The van der Waals surface area contributed by atoms with E-state index in [1.54, 1.807) is 12.1 Å². The van der Waals surface area contributed by atoms with E-state index < -0.39 is 0 Å². The fourth-order valence-corrected chi connectivity index (χ4v) is 1.42. The van der Waals surface area contributed by atoms with Crippen molar-refractivity contribution in [1.29, 1.82) is 0 Å². The molecule has 0 radical (unpaired) electrons. The molecule has 0 aliphatic rings. The van der Waals surface area contributed by atoms with Crippen molar-refractivity contribution in [3.63, 3.8) is 0 Å². The highest BCUT2D eigenvalue weighted by Crippen LogP contribution is 2.28. The van der Waals surface area contributed by atoms with Crippen LogP contribution in [0.15, 0.2) is 24.3 Å². The highest BCUT2D eigenvalue weighted by Gasteiger charge is 2.07. The topological polar surface area (TPSA) is 31.4 Å². The van der Waals surface area contributed by atoms with E-state index >= 15 is 0 Å². The number of pyridine rings is 1. The molecule has 0 amide bonds. The maximum Gasteiger partial charge on any atom is 0.217 e. The van der Waals surface area contributed by atoms with E-state index in [0.29, 0.717) is 22.5 Å². The number of methoxy groups -OCH3 is 2. The smallest absolute Gasteiger partial charge is 0.217 e. The van der Waals surface area contributed by atoms with Crippen LogP contribution in [0, 0.1) is 5.82 Å². The summed E-state index contributed by atoms with van der Waals surface area (Å²) in [6.07, 6.45) is 0. The van der Waals surface area contributed by atoms with Gasteiger partial charge in [-0.2, -0.15) is 0 Å². The van der Waals surface area contributed by atoms with Crippen LogP contribution in [0.4, 0.5) is 4.39 Å². The van der Waals surface area contributed by atoms with Crippen LogP contribution in [0.5, 0.6) is 11.6 Å². The Labute approximate surface area is 86.5 Å². The summed E-state index contributed by atoms with van der Waals surface area (Å²) in [6.45, 7) is 0. The van der Waals surface area contributed by atoms with Gasteiger partial charge in [-0.3, -0.25) is 0 Å². The minimum atomic E-state index is -0.312. The van der Waals surface area contributed by atoms with Crippen molar-refractivity contribution in [2.24, 2.45) is 0 Å². The molecule has 0 aliphatic heterocycles. The Morgan fingerprint density at radius 2 is 1.93 bits per heavy atom. The lowest BCUT2D eigenvalue weighted by atomic mass is 10.2. The highest BCUT2D eigenvalue weighted by molar-refractivity contribution is 5.85. The van der Waals surface area contributed by atoms with Crippen molar-refractivity contribution >= 4 is 10.9 Å². The largest absolute Gasteiger partial charge is 0.496 e. The number of hydrogen-bond donors (Lipinski definition) is 0. The molecule has 0 N–H and O–H groups in total. The molecule has 78 valence electrons. The second kappa shape index (κ2) is 3.73. The number of ether oxygens (including phenoxy) is 2. The molecular formula is C11H10FNO2. The first-order valence-electron chi connectivity index (χ1n) is 4.43. The van der Waals surface area contributed by atoms with Crippen molar-refractivity contribution in [2.45, 2.75) is 0 Å². The number of fused-ring (bicyclic) bond motifs is 1. The lowest BCUT2D eigenvalue weighted by Gasteiger charge is -2.07. The minimum absolute atomic E-state index is 0.312. The number of rotatable bonds is 2. The molecule has 2 rings (SSSR count). The Hall–Kier alpha value is -1.84. The molecule has 15 heavy (non-hydrogen) atoms. The van der Waals surface area contributed by atoms with E-state index in [2.05, 4.69) is 4.98 Å². The molecule has 0 unspecified atom stereocenters. The maximum atomic E-state index is 13.0. The fourth-order valence-electron chi connectivity index (χ4n) is 1.42. The predicted molar refractivity (Wildman–Crippen MR) is 54.8 cm³/mol. The van der Waals surface area contributed by atoms with Gasteiger partial charge in [-0.15, -0.1) is 0 Å². The van der Waals surface area contributed by atoms with Crippen molar-refractivity contribution < 1.29 is 13.9 Å². The number of aromatic nitrogens is 1.